The molecule has 1 heterocycles. The quantitative estimate of drug-likeness (QED) is 0.761. The van der Waals surface area contributed by atoms with Crippen LogP contribution in [0.15, 0.2) is 36.5 Å². The van der Waals surface area contributed by atoms with Gasteiger partial charge in [0.2, 0.25) is 0 Å². The van der Waals surface area contributed by atoms with Crippen molar-refractivity contribution in [3.63, 3.8) is 0 Å². The summed E-state index contributed by atoms with van der Waals surface area (Å²) in [6.07, 6.45) is 1.62. The van der Waals surface area contributed by atoms with Crippen LogP contribution in [0, 0.1) is 6.92 Å². The summed E-state index contributed by atoms with van der Waals surface area (Å²) in [4.78, 5) is 23.3. The SMILES string of the molecule is Cc1[nH]ncc1C(=O)N[C@H](Cc1ccccc1)C(=O)O. The summed E-state index contributed by atoms with van der Waals surface area (Å²) >= 11 is 0. The second-order valence-electron chi connectivity index (χ2n) is 4.46. The van der Waals surface area contributed by atoms with Crippen molar-refractivity contribution in [2.24, 2.45) is 0 Å². The molecule has 2 rings (SSSR count). The topological polar surface area (TPSA) is 95.1 Å². The lowest BCUT2D eigenvalue weighted by Gasteiger charge is -2.14. The minimum Gasteiger partial charge on any atom is -0.480 e. The van der Waals surface area contributed by atoms with Gasteiger partial charge in [0.15, 0.2) is 0 Å². The Hall–Kier alpha value is -2.63. The van der Waals surface area contributed by atoms with Crippen molar-refractivity contribution >= 4 is 11.9 Å². The second kappa shape index (κ2) is 6.01. The van der Waals surface area contributed by atoms with Crippen molar-refractivity contribution in [2.75, 3.05) is 0 Å². The van der Waals surface area contributed by atoms with E-state index < -0.39 is 17.9 Å². The lowest BCUT2D eigenvalue weighted by atomic mass is 10.1. The average Bonchev–Trinajstić information content (AvgIpc) is 2.85. The fraction of sp³-hybridized carbons (Fsp3) is 0.214. The molecule has 2 aromatic rings. The molecule has 0 saturated heterocycles. The monoisotopic (exact) mass is 273 g/mol. The molecule has 0 fully saturated rings. The molecule has 0 bridgehead atoms. The third kappa shape index (κ3) is 3.23. The van der Waals surface area contributed by atoms with Gasteiger partial charge in [-0.05, 0) is 12.5 Å². The normalized spacial score (nSPS) is 11.8. The van der Waals surface area contributed by atoms with Crippen molar-refractivity contribution in [1.29, 1.82) is 0 Å². The van der Waals surface area contributed by atoms with E-state index in [0.717, 1.165) is 5.56 Å². The summed E-state index contributed by atoms with van der Waals surface area (Å²) in [5, 5.41) is 18.1. The number of carboxylic acids is 1. The number of nitrogens with one attached hydrogen (secondary N) is 2. The van der Waals surface area contributed by atoms with Gasteiger partial charge < -0.3 is 10.4 Å². The molecule has 0 aliphatic rings. The fourth-order valence-electron chi connectivity index (χ4n) is 1.87. The van der Waals surface area contributed by atoms with Crippen molar-refractivity contribution < 1.29 is 14.7 Å². The van der Waals surface area contributed by atoms with Gasteiger partial charge in [0.05, 0.1) is 11.8 Å². The van der Waals surface area contributed by atoms with E-state index in [1.807, 2.05) is 30.3 Å². The van der Waals surface area contributed by atoms with E-state index in [4.69, 9.17) is 0 Å². The molecular weight excluding hydrogens is 258 g/mol. The number of aryl methyl sites for hydroxylation is 1. The second-order valence-corrected chi connectivity index (χ2v) is 4.46. The first kappa shape index (κ1) is 13.8. The number of amides is 1. The molecule has 3 N–H and O–H groups in total. The highest BCUT2D eigenvalue weighted by molar-refractivity contribution is 5.97. The molecule has 0 unspecified atom stereocenters. The van der Waals surface area contributed by atoms with E-state index in [1.54, 1.807) is 6.92 Å². The number of aromatic amines is 1. The molecule has 1 aromatic heterocycles. The highest BCUT2D eigenvalue weighted by Gasteiger charge is 2.22. The number of aromatic nitrogens is 2. The number of carboxylic acid groups (broad SMARTS) is 1. The minimum absolute atomic E-state index is 0.235. The van der Waals surface area contributed by atoms with Crippen LogP contribution in [-0.4, -0.2) is 33.2 Å². The Morgan fingerprint density at radius 3 is 2.60 bits per heavy atom. The van der Waals surface area contributed by atoms with Crippen LogP contribution < -0.4 is 5.32 Å². The van der Waals surface area contributed by atoms with Crippen molar-refractivity contribution in [3.05, 3.63) is 53.3 Å². The smallest absolute Gasteiger partial charge is 0.326 e. The minimum atomic E-state index is -1.07. The van der Waals surface area contributed by atoms with Crippen molar-refractivity contribution in [1.82, 2.24) is 15.5 Å². The van der Waals surface area contributed by atoms with Crippen LogP contribution in [0.5, 0.6) is 0 Å². The van der Waals surface area contributed by atoms with E-state index in [9.17, 15) is 14.7 Å². The maximum absolute atomic E-state index is 12.0. The predicted molar refractivity (Wildman–Crippen MR) is 72.4 cm³/mol. The number of carbonyl (C=O) groups excluding carboxylic acids is 1. The first-order chi connectivity index (χ1) is 9.58. The van der Waals surface area contributed by atoms with Crippen LogP contribution in [0.2, 0.25) is 0 Å². The van der Waals surface area contributed by atoms with E-state index in [-0.39, 0.29) is 6.42 Å². The highest BCUT2D eigenvalue weighted by atomic mass is 16.4. The summed E-state index contributed by atoms with van der Waals surface area (Å²) in [5.41, 5.74) is 1.81. The lowest BCUT2D eigenvalue weighted by Crippen LogP contribution is -2.42. The number of benzene rings is 1. The number of carbonyl (C=O) groups is 2. The number of rotatable bonds is 5. The van der Waals surface area contributed by atoms with Crippen molar-refractivity contribution in [2.45, 2.75) is 19.4 Å². The highest BCUT2D eigenvalue weighted by Crippen LogP contribution is 2.06. The first-order valence-electron chi connectivity index (χ1n) is 6.15. The largest absolute Gasteiger partial charge is 0.480 e. The molecule has 1 amide bonds. The van der Waals surface area contributed by atoms with Gasteiger partial charge in [-0.1, -0.05) is 30.3 Å². The van der Waals surface area contributed by atoms with E-state index in [1.165, 1.54) is 6.20 Å². The Bertz CT molecular complexity index is 607. The fourth-order valence-corrected chi connectivity index (χ4v) is 1.87. The number of aliphatic carboxylic acids is 1. The molecule has 1 aromatic carbocycles. The lowest BCUT2D eigenvalue weighted by molar-refractivity contribution is -0.139. The summed E-state index contributed by atoms with van der Waals surface area (Å²) in [6, 6.07) is 8.19. The van der Waals surface area contributed by atoms with Gasteiger partial charge >= 0.3 is 5.97 Å². The van der Waals surface area contributed by atoms with E-state index in [0.29, 0.717) is 11.3 Å². The van der Waals surface area contributed by atoms with Crippen molar-refractivity contribution in [3.8, 4) is 0 Å². The van der Waals surface area contributed by atoms with Gasteiger partial charge in [0.25, 0.3) is 5.91 Å². The van der Waals surface area contributed by atoms with E-state index in [2.05, 4.69) is 15.5 Å². The van der Waals surface area contributed by atoms with Gasteiger partial charge in [0, 0.05) is 12.1 Å². The molecule has 20 heavy (non-hydrogen) atoms. The standard InChI is InChI=1S/C14H15N3O3/c1-9-11(8-15-17-9)13(18)16-12(14(19)20)7-10-5-3-2-4-6-10/h2-6,8,12H,7H2,1H3,(H,15,17)(H,16,18)(H,19,20)/t12-/m1/s1. The zero-order chi connectivity index (χ0) is 14.5. The van der Waals surface area contributed by atoms with Gasteiger partial charge in [-0.25, -0.2) is 4.79 Å². The molecule has 0 radical (unpaired) electrons. The number of H-pyrrole nitrogens is 1. The Kier molecular flexibility index (Phi) is 4.14. The van der Waals surface area contributed by atoms with Gasteiger partial charge in [-0.2, -0.15) is 5.10 Å². The van der Waals surface area contributed by atoms with Gasteiger partial charge in [-0.3, -0.25) is 9.89 Å². The predicted octanol–water partition coefficient (Wildman–Crippen LogP) is 1.14. The van der Waals surface area contributed by atoms with Crippen LogP contribution >= 0.6 is 0 Å². The molecule has 6 heteroatoms. The summed E-state index contributed by atoms with van der Waals surface area (Å²) < 4.78 is 0. The molecule has 6 nitrogen and oxygen atoms in total. The Morgan fingerprint density at radius 2 is 2.05 bits per heavy atom. The van der Waals surface area contributed by atoms with Crippen LogP contribution in [0.4, 0.5) is 0 Å². The number of nitrogens with zero attached hydrogens (tertiary/aromatic N) is 1. The van der Waals surface area contributed by atoms with Crippen LogP contribution in [0.1, 0.15) is 21.6 Å². The summed E-state index contributed by atoms with van der Waals surface area (Å²) in [6.45, 7) is 1.70. The van der Waals surface area contributed by atoms with Crippen LogP contribution in [0.25, 0.3) is 0 Å². The maximum atomic E-state index is 12.0. The maximum Gasteiger partial charge on any atom is 0.326 e. The number of hydrogen-bond acceptors (Lipinski definition) is 3. The zero-order valence-electron chi connectivity index (χ0n) is 11.0. The molecule has 104 valence electrons. The summed E-state index contributed by atoms with van der Waals surface area (Å²) in [7, 11) is 0. The molecule has 0 aliphatic heterocycles. The van der Waals surface area contributed by atoms with Gasteiger partial charge in [0.1, 0.15) is 6.04 Å². The van der Waals surface area contributed by atoms with Gasteiger partial charge in [-0.15, -0.1) is 0 Å². The first-order valence-corrected chi connectivity index (χ1v) is 6.15. The zero-order valence-corrected chi connectivity index (χ0v) is 11.0. The number of hydrogen-bond donors (Lipinski definition) is 3. The summed E-state index contributed by atoms with van der Waals surface area (Å²) in [5.74, 6) is -1.51. The Labute approximate surface area is 115 Å². The van der Waals surface area contributed by atoms with Crippen LogP contribution in [-0.2, 0) is 11.2 Å². The molecule has 0 saturated carbocycles. The Morgan fingerprint density at radius 1 is 1.35 bits per heavy atom. The van der Waals surface area contributed by atoms with E-state index >= 15 is 0 Å². The third-order valence-electron chi connectivity index (χ3n) is 2.96. The molecule has 1 atom stereocenters. The van der Waals surface area contributed by atoms with Crippen LogP contribution in [0.3, 0.4) is 0 Å². The average molecular weight is 273 g/mol. The molecular formula is C14H15N3O3. The Balaban J connectivity index is 2.09. The third-order valence-corrected chi connectivity index (χ3v) is 2.96. The molecule has 0 spiro atoms. The molecule has 0 aliphatic carbocycles.